The van der Waals surface area contributed by atoms with Gasteiger partial charge in [-0.05, 0) is 12.1 Å². The molecule has 0 saturated carbocycles. The molecule has 0 bridgehead atoms. The molecule has 3 N–H and O–H groups in total. The Kier molecular flexibility index (Phi) is 4.73. The maximum absolute atomic E-state index is 8.88. The number of hydrogen-bond acceptors (Lipinski definition) is 5. The lowest BCUT2D eigenvalue weighted by Gasteiger charge is -2.20. The molecule has 0 radical (unpaired) electrons. The van der Waals surface area contributed by atoms with Crippen molar-refractivity contribution in [3.8, 4) is 0 Å². The second-order valence-electron chi connectivity index (χ2n) is 3.05. The van der Waals surface area contributed by atoms with Crippen LogP contribution < -0.4 is 10.6 Å². The highest BCUT2D eigenvalue weighted by atomic mass is 16.3. The summed E-state index contributed by atoms with van der Waals surface area (Å²) in [6, 6.07) is 3.67. The largest absolute Gasteiger partial charge is 0.395 e. The normalized spacial score (nSPS) is 10.0. The molecule has 0 atom stereocenters. The van der Waals surface area contributed by atoms with Crippen LogP contribution in [0.15, 0.2) is 24.8 Å². The number of aliphatic hydroxyl groups is 1. The minimum Gasteiger partial charge on any atom is -0.395 e. The number of rotatable bonds is 6. The fourth-order valence-corrected chi connectivity index (χ4v) is 1.21. The van der Waals surface area contributed by atoms with E-state index in [2.05, 4.69) is 16.8 Å². The number of hydrogen-bond donors (Lipinski definition) is 2. The van der Waals surface area contributed by atoms with Crippen molar-refractivity contribution < 1.29 is 5.11 Å². The van der Waals surface area contributed by atoms with Crippen molar-refractivity contribution in [1.82, 2.24) is 10.2 Å². The summed E-state index contributed by atoms with van der Waals surface area (Å²) >= 11 is 0. The number of aromatic nitrogens is 2. The fourth-order valence-electron chi connectivity index (χ4n) is 1.21. The predicted molar refractivity (Wildman–Crippen MR) is 59.4 cm³/mol. The first kappa shape index (κ1) is 11.6. The van der Waals surface area contributed by atoms with Crippen LogP contribution in [0.3, 0.4) is 0 Å². The van der Waals surface area contributed by atoms with Crippen molar-refractivity contribution in [2.45, 2.75) is 6.54 Å². The summed E-state index contributed by atoms with van der Waals surface area (Å²) in [6.07, 6.45) is 1.76. The summed E-state index contributed by atoms with van der Waals surface area (Å²) in [5.74, 6) is 0.723. The first-order valence-corrected chi connectivity index (χ1v) is 4.81. The molecule has 15 heavy (non-hydrogen) atoms. The third-order valence-electron chi connectivity index (χ3n) is 1.96. The van der Waals surface area contributed by atoms with Crippen molar-refractivity contribution in [2.24, 2.45) is 5.73 Å². The smallest absolute Gasteiger partial charge is 0.151 e. The zero-order valence-electron chi connectivity index (χ0n) is 8.63. The van der Waals surface area contributed by atoms with Gasteiger partial charge in [0.15, 0.2) is 5.82 Å². The van der Waals surface area contributed by atoms with E-state index in [9.17, 15) is 0 Å². The highest BCUT2D eigenvalue weighted by Gasteiger charge is 2.05. The van der Waals surface area contributed by atoms with Crippen molar-refractivity contribution >= 4 is 5.82 Å². The SMILES string of the molecule is C=CCN(CCO)c1ccc(CN)nn1. The lowest BCUT2D eigenvalue weighted by Crippen LogP contribution is -2.27. The Balaban J connectivity index is 2.76. The van der Waals surface area contributed by atoms with Gasteiger partial charge in [0, 0.05) is 19.6 Å². The van der Waals surface area contributed by atoms with E-state index in [0.717, 1.165) is 11.5 Å². The van der Waals surface area contributed by atoms with E-state index >= 15 is 0 Å². The van der Waals surface area contributed by atoms with Gasteiger partial charge in [-0.1, -0.05) is 6.08 Å². The standard InChI is InChI=1S/C10H16N4O/c1-2-5-14(6-7-15)10-4-3-9(8-11)12-13-10/h2-4,15H,1,5-8,11H2. The van der Waals surface area contributed by atoms with Crippen LogP contribution in [0.4, 0.5) is 5.82 Å². The first-order valence-electron chi connectivity index (χ1n) is 4.81. The highest BCUT2D eigenvalue weighted by molar-refractivity contribution is 5.38. The fraction of sp³-hybridized carbons (Fsp3) is 0.400. The zero-order valence-corrected chi connectivity index (χ0v) is 8.63. The van der Waals surface area contributed by atoms with Gasteiger partial charge in [0.1, 0.15) is 0 Å². The quantitative estimate of drug-likeness (QED) is 0.639. The molecular weight excluding hydrogens is 192 g/mol. The Labute approximate surface area is 89.2 Å². The second kappa shape index (κ2) is 6.10. The summed E-state index contributed by atoms with van der Waals surface area (Å²) in [5, 5.41) is 16.9. The first-order chi connectivity index (χ1) is 7.31. The van der Waals surface area contributed by atoms with Gasteiger partial charge in [0.2, 0.25) is 0 Å². The van der Waals surface area contributed by atoms with Gasteiger partial charge in [0.25, 0.3) is 0 Å². The predicted octanol–water partition coefficient (Wildman–Crippen LogP) is -0.0800. The van der Waals surface area contributed by atoms with Gasteiger partial charge in [0.05, 0.1) is 12.3 Å². The van der Waals surface area contributed by atoms with E-state index < -0.39 is 0 Å². The van der Waals surface area contributed by atoms with Gasteiger partial charge in [-0.25, -0.2) is 0 Å². The van der Waals surface area contributed by atoms with E-state index in [1.165, 1.54) is 0 Å². The molecule has 0 saturated heterocycles. The average molecular weight is 208 g/mol. The molecular formula is C10H16N4O. The highest BCUT2D eigenvalue weighted by Crippen LogP contribution is 2.08. The van der Waals surface area contributed by atoms with Crippen LogP contribution >= 0.6 is 0 Å². The molecule has 0 aromatic carbocycles. The number of nitrogens with two attached hydrogens (primary N) is 1. The molecule has 1 rings (SSSR count). The van der Waals surface area contributed by atoms with E-state index in [-0.39, 0.29) is 6.61 Å². The van der Waals surface area contributed by atoms with Gasteiger partial charge in [-0.15, -0.1) is 11.7 Å². The summed E-state index contributed by atoms with van der Waals surface area (Å²) in [7, 11) is 0. The van der Waals surface area contributed by atoms with Crippen LogP contribution in [0.2, 0.25) is 0 Å². The molecule has 0 unspecified atom stereocenters. The summed E-state index contributed by atoms with van der Waals surface area (Å²) in [6.45, 7) is 5.26. The van der Waals surface area contributed by atoms with Crippen LogP contribution in [0.5, 0.6) is 0 Å². The molecule has 0 aliphatic heterocycles. The van der Waals surface area contributed by atoms with Crippen LogP contribution in [0.25, 0.3) is 0 Å². The average Bonchev–Trinajstić information content (AvgIpc) is 2.29. The number of aliphatic hydroxyl groups excluding tert-OH is 1. The molecule has 0 aliphatic rings. The van der Waals surface area contributed by atoms with Gasteiger partial charge < -0.3 is 15.7 Å². The summed E-state index contributed by atoms with van der Waals surface area (Å²) in [4.78, 5) is 1.89. The Hall–Kier alpha value is -1.46. The van der Waals surface area contributed by atoms with Crippen molar-refractivity contribution in [1.29, 1.82) is 0 Å². The van der Waals surface area contributed by atoms with Gasteiger partial charge in [-0.3, -0.25) is 0 Å². The molecule has 82 valence electrons. The lowest BCUT2D eigenvalue weighted by atomic mass is 10.3. The topological polar surface area (TPSA) is 75.3 Å². The monoisotopic (exact) mass is 208 g/mol. The van der Waals surface area contributed by atoms with E-state index in [1.54, 1.807) is 6.08 Å². The molecule has 1 aromatic heterocycles. The zero-order chi connectivity index (χ0) is 11.1. The van der Waals surface area contributed by atoms with Crippen LogP contribution in [-0.4, -0.2) is 35.0 Å². The summed E-state index contributed by atoms with van der Waals surface area (Å²) in [5.41, 5.74) is 6.17. The molecule has 0 fully saturated rings. The number of anilines is 1. The van der Waals surface area contributed by atoms with Gasteiger partial charge >= 0.3 is 0 Å². The molecule has 5 nitrogen and oxygen atoms in total. The van der Waals surface area contributed by atoms with Crippen LogP contribution in [0, 0.1) is 0 Å². The maximum Gasteiger partial charge on any atom is 0.151 e. The Bertz CT molecular complexity index is 299. The molecule has 0 spiro atoms. The van der Waals surface area contributed by atoms with Crippen molar-refractivity contribution in [2.75, 3.05) is 24.6 Å². The Morgan fingerprint density at radius 2 is 2.27 bits per heavy atom. The maximum atomic E-state index is 8.88. The molecule has 0 aliphatic carbocycles. The molecule has 0 amide bonds. The van der Waals surface area contributed by atoms with Crippen molar-refractivity contribution in [3.63, 3.8) is 0 Å². The Morgan fingerprint density at radius 1 is 1.47 bits per heavy atom. The van der Waals surface area contributed by atoms with E-state index in [1.807, 2.05) is 17.0 Å². The molecule has 5 heteroatoms. The van der Waals surface area contributed by atoms with Gasteiger partial charge in [-0.2, -0.15) is 5.10 Å². The second-order valence-corrected chi connectivity index (χ2v) is 3.05. The van der Waals surface area contributed by atoms with Crippen LogP contribution in [0.1, 0.15) is 5.69 Å². The van der Waals surface area contributed by atoms with Crippen LogP contribution in [-0.2, 0) is 6.54 Å². The van der Waals surface area contributed by atoms with E-state index in [4.69, 9.17) is 10.8 Å². The lowest BCUT2D eigenvalue weighted by molar-refractivity contribution is 0.302. The third-order valence-corrected chi connectivity index (χ3v) is 1.96. The molecule has 1 heterocycles. The minimum atomic E-state index is 0.0775. The number of nitrogens with zero attached hydrogens (tertiary/aromatic N) is 3. The summed E-state index contributed by atoms with van der Waals surface area (Å²) < 4.78 is 0. The third kappa shape index (κ3) is 3.30. The minimum absolute atomic E-state index is 0.0775. The van der Waals surface area contributed by atoms with E-state index in [0.29, 0.717) is 19.6 Å². The Morgan fingerprint density at radius 3 is 2.73 bits per heavy atom. The van der Waals surface area contributed by atoms with Crippen molar-refractivity contribution in [3.05, 3.63) is 30.5 Å². The molecule has 1 aromatic rings.